The number of hydrogen-bond donors (Lipinski definition) is 2. The molecule has 2 N–H and O–H groups in total. The lowest BCUT2D eigenvalue weighted by Crippen LogP contribution is -2.45. The molecule has 1 heterocycles. The third-order valence-corrected chi connectivity index (χ3v) is 3.82. The highest BCUT2D eigenvalue weighted by atomic mass is 79.9. The Kier molecular flexibility index (Phi) is 9.51. The van der Waals surface area contributed by atoms with Gasteiger partial charge in [0.2, 0.25) is 0 Å². The number of hydrogen-bond acceptors (Lipinski definition) is 3. The molecule has 0 aliphatic carbocycles. The summed E-state index contributed by atoms with van der Waals surface area (Å²) >= 11 is 3.47. The number of phenolic OH excluding ortho intramolecular Hbond substituents is 1. The quantitative estimate of drug-likeness (QED) is 0.780. The maximum absolute atomic E-state index is 10.1. The van der Waals surface area contributed by atoms with Crippen LogP contribution in [0.5, 0.6) is 5.75 Å². The zero-order valence-electron chi connectivity index (χ0n) is 11.2. The van der Waals surface area contributed by atoms with Gasteiger partial charge >= 0.3 is 0 Å². The highest BCUT2D eigenvalue weighted by molar-refractivity contribution is 9.10. The van der Waals surface area contributed by atoms with Crippen LogP contribution >= 0.6 is 40.7 Å². The molecule has 0 amide bonds. The van der Waals surface area contributed by atoms with Gasteiger partial charge in [0.1, 0.15) is 5.75 Å². The highest BCUT2D eigenvalue weighted by Gasteiger charge is 2.23. The number of halogens is 3. The summed E-state index contributed by atoms with van der Waals surface area (Å²) in [5, 5.41) is 13.4. The van der Waals surface area contributed by atoms with Crippen LogP contribution in [0.2, 0.25) is 0 Å². The Morgan fingerprint density at radius 2 is 2.00 bits per heavy atom. The third kappa shape index (κ3) is 4.93. The fourth-order valence-electron chi connectivity index (χ4n) is 2.42. The zero-order valence-corrected chi connectivity index (χ0v) is 14.4. The summed E-state index contributed by atoms with van der Waals surface area (Å²) in [6.45, 7) is 7.85. The second-order valence-corrected chi connectivity index (χ2v) is 5.44. The minimum atomic E-state index is 0. The van der Waals surface area contributed by atoms with Gasteiger partial charge in [0.15, 0.2) is 0 Å². The number of piperazine rings is 1. The molecular formula is C14H21BrCl2N2O. The molecule has 1 aliphatic heterocycles. The Morgan fingerprint density at radius 3 is 2.60 bits per heavy atom. The highest BCUT2D eigenvalue weighted by Crippen LogP contribution is 2.33. The summed E-state index contributed by atoms with van der Waals surface area (Å²) in [5.41, 5.74) is 0.978. The van der Waals surface area contributed by atoms with Crippen molar-refractivity contribution < 1.29 is 5.11 Å². The smallest absolute Gasteiger partial charge is 0.120 e. The minimum Gasteiger partial charge on any atom is -0.508 e. The first-order valence-electron chi connectivity index (χ1n) is 6.26. The van der Waals surface area contributed by atoms with Crippen molar-refractivity contribution in [3.05, 3.63) is 40.9 Å². The first kappa shape index (κ1) is 19.7. The lowest BCUT2D eigenvalue weighted by molar-refractivity contribution is 0.172. The molecule has 1 saturated heterocycles. The number of rotatable bonds is 4. The Labute approximate surface area is 141 Å². The first-order chi connectivity index (χ1) is 8.72. The van der Waals surface area contributed by atoms with E-state index in [2.05, 4.69) is 32.7 Å². The maximum Gasteiger partial charge on any atom is 0.120 e. The van der Waals surface area contributed by atoms with Crippen LogP contribution in [0, 0.1) is 0 Å². The second kappa shape index (κ2) is 9.64. The fourth-order valence-corrected chi connectivity index (χ4v) is 2.80. The molecule has 0 saturated carbocycles. The van der Waals surface area contributed by atoms with E-state index >= 15 is 0 Å². The average Bonchev–Trinajstić information content (AvgIpc) is 2.40. The van der Waals surface area contributed by atoms with Crippen molar-refractivity contribution in [1.29, 1.82) is 0 Å². The number of benzene rings is 1. The molecule has 1 aliphatic rings. The van der Waals surface area contributed by atoms with E-state index in [0.29, 0.717) is 5.75 Å². The van der Waals surface area contributed by atoms with Crippen molar-refractivity contribution in [2.75, 3.05) is 26.2 Å². The summed E-state index contributed by atoms with van der Waals surface area (Å²) in [6, 6.07) is 5.83. The fraction of sp³-hybridized carbons (Fsp3) is 0.429. The van der Waals surface area contributed by atoms with E-state index < -0.39 is 0 Å². The van der Waals surface area contributed by atoms with Crippen molar-refractivity contribution in [1.82, 2.24) is 10.2 Å². The van der Waals surface area contributed by atoms with Gasteiger partial charge in [-0.2, -0.15) is 0 Å². The van der Waals surface area contributed by atoms with Crippen molar-refractivity contribution in [3.8, 4) is 5.75 Å². The van der Waals surface area contributed by atoms with E-state index in [1.54, 1.807) is 6.07 Å². The molecule has 0 radical (unpaired) electrons. The molecule has 20 heavy (non-hydrogen) atoms. The van der Waals surface area contributed by atoms with E-state index in [4.69, 9.17) is 0 Å². The third-order valence-electron chi connectivity index (χ3n) is 3.33. The number of nitrogens with one attached hydrogen (secondary N) is 1. The van der Waals surface area contributed by atoms with Crippen molar-refractivity contribution in [2.24, 2.45) is 0 Å². The van der Waals surface area contributed by atoms with Gasteiger partial charge in [-0.25, -0.2) is 0 Å². The van der Waals surface area contributed by atoms with Crippen molar-refractivity contribution >= 4 is 40.7 Å². The molecule has 0 unspecified atom stereocenters. The van der Waals surface area contributed by atoms with E-state index in [1.807, 2.05) is 18.2 Å². The molecule has 0 spiro atoms. The molecular weight excluding hydrogens is 363 g/mol. The molecule has 6 heteroatoms. The zero-order chi connectivity index (χ0) is 13.0. The van der Waals surface area contributed by atoms with Gasteiger partial charge in [-0.15, -0.1) is 31.4 Å². The maximum atomic E-state index is 10.1. The average molecular weight is 384 g/mol. The lowest BCUT2D eigenvalue weighted by Gasteiger charge is -2.35. The van der Waals surface area contributed by atoms with Crippen molar-refractivity contribution in [3.63, 3.8) is 0 Å². The van der Waals surface area contributed by atoms with Gasteiger partial charge in [0, 0.05) is 42.3 Å². The molecule has 1 atom stereocenters. The molecule has 0 bridgehead atoms. The van der Waals surface area contributed by atoms with E-state index in [0.717, 1.165) is 42.6 Å². The van der Waals surface area contributed by atoms with Gasteiger partial charge in [-0.1, -0.05) is 22.0 Å². The number of nitrogens with zero attached hydrogens (tertiary/aromatic N) is 1. The standard InChI is InChI=1S/C14H19BrN2O.2ClH/c1-2-3-13(17-8-6-16-7-9-17)12-10-11(15)4-5-14(12)18;;/h2,4-5,10,13,16,18H,1,3,6-9H2;2*1H/t13-;;/m0../s1. The predicted molar refractivity (Wildman–Crippen MR) is 92.3 cm³/mol. The van der Waals surface area contributed by atoms with Crippen molar-refractivity contribution in [2.45, 2.75) is 12.5 Å². The summed E-state index contributed by atoms with van der Waals surface area (Å²) in [6.07, 6.45) is 2.77. The van der Waals surface area contributed by atoms with Gasteiger partial charge in [0.25, 0.3) is 0 Å². The van der Waals surface area contributed by atoms with Crippen LogP contribution in [0.15, 0.2) is 35.3 Å². The molecule has 1 aromatic carbocycles. The number of phenols is 1. The van der Waals surface area contributed by atoms with Crippen LogP contribution in [0.25, 0.3) is 0 Å². The summed E-state index contributed by atoms with van der Waals surface area (Å²) in [5.74, 6) is 0.364. The lowest BCUT2D eigenvalue weighted by atomic mass is 10.00. The van der Waals surface area contributed by atoms with Gasteiger partial charge in [-0.3, -0.25) is 4.90 Å². The summed E-state index contributed by atoms with van der Waals surface area (Å²) < 4.78 is 1.000. The Morgan fingerprint density at radius 1 is 1.35 bits per heavy atom. The van der Waals surface area contributed by atoms with E-state index in [1.165, 1.54) is 0 Å². The van der Waals surface area contributed by atoms with Crippen LogP contribution in [-0.4, -0.2) is 36.2 Å². The van der Waals surface area contributed by atoms with Gasteiger partial charge in [-0.05, 0) is 24.6 Å². The largest absolute Gasteiger partial charge is 0.508 e. The Bertz CT molecular complexity index is 426. The molecule has 114 valence electrons. The molecule has 1 fully saturated rings. The first-order valence-corrected chi connectivity index (χ1v) is 7.05. The Balaban J connectivity index is 0.00000180. The SMILES string of the molecule is C=CC[C@@H](c1cc(Br)ccc1O)N1CCNCC1.Cl.Cl. The minimum absolute atomic E-state index is 0. The molecule has 2 rings (SSSR count). The molecule has 0 aromatic heterocycles. The normalized spacial score (nSPS) is 16.6. The number of aromatic hydroxyl groups is 1. The monoisotopic (exact) mass is 382 g/mol. The Hall–Kier alpha value is -0.260. The van der Waals surface area contributed by atoms with Crippen LogP contribution in [-0.2, 0) is 0 Å². The summed E-state index contributed by atoms with van der Waals surface area (Å²) in [7, 11) is 0. The molecule has 1 aromatic rings. The van der Waals surface area contributed by atoms with E-state index in [-0.39, 0.29) is 30.9 Å². The van der Waals surface area contributed by atoms with Crippen LogP contribution in [0.1, 0.15) is 18.0 Å². The van der Waals surface area contributed by atoms with Crippen LogP contribution < -0.4 is 5.32 Å². The molecule has 3 nitrogen and oxygen atoms in total. The predicted octanol–water partition coefficient (Wildman–Crippen LogP) is 3.52. The van der Waals surface area contributed by atoms with Gasteiger partial charge < -0.3 is 10.4 Å². The summed E-state index contributed by atoms with van der Waals surface area (Å²) in [4.78, 5) is 2.40. The van der Waals surface area contributed by atoms with Crippen LogP contribution in [0.3, 0.4) is 0 Å². The van der Waals surface area contributed by atoms with Crippen LogP contribution in [0.4, 0.5) is 0 Å². The van der Waals surface area contributed by atoms with E-state index in [9.17, 15) is 5.11 Å². The van der Waals surface area contributed by atoms with Gasteiger partial charge in [0.05, 0.1) is 0 Å². The second-order valence-electron chi connectivity index (χ2n) is 4.53. The topological polar surface area (TPSA) is 35.5 Å².